The Morgan fingerprint density at radius 2 is 2.24 bits per heavy atom. The Morgan fingerprint density at radius 1 is 1.48 bits per heavy atom. The number of carbonyl (C=O) groups is 1. The maximum atomic E-state index is 12.1. The zero-order chi connectivity index (χ0) is 15.4. The normalized spacial score (nSPS) is 12.1. The van der Waals surface area contributed by atoms with Gasteiger partial charge in [-0.3, -0.25) is 14.7 Å². The number of H-pyrrole nitrogens is 1. The van der Waals surface area contributed by atoms with E-state index in [0.717, 1.165) is 18.5 Å². The van der Waals surface area contributed by atoms with Crippen molar-refractivity contribution in [2.24, 2.45) is 7.05 Å². The molecule has 112 valence electrons. The molecular formula is C15H20N4O2. The van der Waals surface area contributed by atoms with Gasteiger partial charge in [0.05, 0.1) is 0 Å². The summed E-state index contributed by atoms with van der Waals surface area (Å²) < 4.78 is 1.41. The second kappa shape index (κ2) is 6.39. The van der Waals surface area contributed by atoms with Crippen molar-refractivity contribution in [3.63, 3.8) is 0 Å². The molecule has 2 N–H and O–H groups in total. The summed E-state index contributed by atoms with van der Waals surface area (Å²) in [7, 11) is 1.64. The molecule has 0 unspecified atom stereocenters. The number of aryl methyl sites for hydroxylation is 1. The van der Waals surface area contributed by atoms with Crippen LogP contribution < -0.4 is 10.9 Å². The van der Waals surface area contributed by atoms with Crippen LogP contribution in [0.15, 0.2) is 29.2 Å². The fraction of sp³-hybridized carbons (Fsp3) is 0.400. The Kier molecular flexibility index (Phi) is 4.57. The van der Waals surface area contributed by atoms with Crippen molar-refractivity contribution in [2.45, 2.75) is 32.6 Å². The first kappa shape index (κ1) is 15.0. The van der Waals surface area contributed by atoms with Gasteiger partial charge in [-0.1, -0.05) is 20.3 Å². The molecule has 0 saturated heterocycles. The van der Waals surface area contributed by atoms with E-state index >= 15 is 0 Å². The highest BCUT2D eigenvalue weighted by Gasteiger charge is 2.12. The first-order chi connectivity index (χ1) is 10.0. The van der Waals surface area contributed by atoms with Gasteiger partial charge in [-0.2, -0.15) is 5.10 Å². The van der Waals surface area contributed by atoms with E-state index in [0.29, 0.717) is 17.3 Å². The molecule has 0 radical (unpaired) electrons. The summed E-state index contributed by atoms with van der Waals surface area (Å²) in [6, 6.07) is 4.74. The monoisotopic (exact) mass is 288 g/mol. The molecule has 6 nitrogen and oxygen atoms in total. The Labute approximate surface area is 123 Å². The molecule has 0 fully saturated rings. The van der Waals surface area contributed by atoms with E-state index in [-0.39, 0.29) is 11.5 Å². The molecule has 0 bridgehead atoms. The second-order valence-electron chi connectivity index (χ2n) is 5.22. The largest absolute Gasteiger partial charge is 0.319 e. The number of hydrogen-bond donors (Lipinski definition) is 2. The highest BCUT2D eigenvalue weighted by atomic mass is 16.2. The Balaban J connectivity index is 2.09. The van der Waals surface area contributed by atoms with Gasteiger partial charge in [0, 0.05) is 36.6 Å². The van der Waals surface area contributed by atoms with E-state index in [1.54, 1.807) is 19.3 Å². The summed E-state index contributed by atoms with van der Waals surface area (Å²) in [5.41, 5.74) is 1.10. The molecular weight excluding hydrogens is 268 g/mol. The van der Waals surface area contributed by atoms with Gasteiger partial charge >= 0.3 is 0 Å². The van der Waals surface area contributed by atoms with E-state index in [4.69, 9.17) is 0 Å². The average molecular weight is 288 g/mol. The second-order valence-corrected chi connectivity index (χ2v) is 5.22. The van der Waals surface area contributed by atoms with Gasteiger partial charge in [-0.15, -0.1) is 0 Å². The van der Waals surface area contributed by atoms with Crippen molar-refractivity contribution in [2.75, 3.05) is 5.32 Å². The molecule has 2 heterocycles. The molecule has 2 aromatic heterocycles. The van der Waals surface area contributed by atoms with Gasteiger partial charge in [-0.05, 0) is 18.4 Å². The maximum absolute atomic E-state index is 12.1. The van der Waals surface area contributed by atoms with Crippen LogP contribution in [0.1, 0.15) is 48.7 Å². The van der Waals surface area contributed by atoms with Gasteiger partial charge in [-0.25, -0.2) is 0 Å². The number of rotatable bonds is 5. The quantitative estimate of drug-likeness (QED) is 0.885. The first-order valence-electron chi connectivity index (χ1n) is 7.04. The minimum absolute atomic E-state index is 0.220. The summed E-state index contributed by atoms with van der Waals surface area (Å²) in [5.74, 6) is 0.504. The summed E-state index contributed by atoms with van der Waals surface area (Å²) in [6.07, 6.45) is 3.72. The van der Waals surface area contributed by atoms with Gasteiger partial charge in [0.2, 0.25) is 0 Å². The molecule has 0 aromatic carbocycles. The van der Waals surface area contributed by atoms with Crippen molar-refractivity contribution in [3.05, 3.63) is 46.0 Å². The van der Waals surface area contributed by atoms with E-state index < -0.39 is 0 Å². The number of aromatic amines is 1. The molecule has 0 aliphatic rings. The third-order valence-electron chi connectivity index (χ3n) is 3.46. The summed E-state index contributed by atoms with van der Waals surface area (Å²) in [4.78, 5) is 23.6. The third kappa shape index (κ3) is 3.59. The van der Waals surface area contributed by atoms with E-state index in [2.05, 4.69) is 29.4 Å². The molecule has 2 rings (SSSR count). The van der Waals surface area contributed by atoms with Crippen LogP contribution in [-0.2, 0) is 7.05 Å². The maximum Gasteiger partial charge on any atom is 0.257 e. The zero-order valence-corrected chi connectivity index (χ0v) is 12.5. The van der Waals surface area contributed by atoms with Crippen LogP contribution in [0.3, 0.4) is 0 Å². The van der Waals surface area contributed by atoms with Crippen molar-refractivity contribution in [1.82, 2.24) is 14.8 Å². The zero-order valence-electron chi connectivity index (χ0n) is 12.5. The summed E-state index contributed by atoms with van der Waals surface area (Å²) in [5, 5.41) is 9.71. The summed E-state index contributed by atoms with van der Waals surface area (Å²) >= 11 is 0. The molecule has 6 heteroatoms. The molecule has 0 spiro atoms. The van der Waals surface area contributed by atoms with Gasteiger partial charge in [0.25, 0.3) is 11.5 Å². The number of hydrogen-bond acceptors (Lipinski definition) is 3. The van der Waals surface area contributed by atoms with Crippen LogP contribution in [0.2, 0.25) is 0 Å². The van der Waals surface area contributed by atoms with E-state index in [9.17, 15) is 9.59 Å². The molecule has 0 aliphatic heterocycles. The van der Waals surface area contributed by atoms with Gasteiger partial charge in [0.1, 0.15) is 0 Å². The van der Waals surface area contributed by atoms with Crippen LogP contribution in [0, 0.1) is 0 Å². The predicted octanol–water partition coefficient (Wildman–Crippen LogP) is 2.26. The minimum Gasteiger partial charge on any atom is -0.319 e. The lowest BCUT2D eigenvalue weighted by atomic mass is 10.0. The summed E-state index contributed by atoms with van der Waals surface area (Å²) in [6.45, 7) is 4.25. The SMILES string of the molecule is CCC[C@H](C)c1cc(NC(=O)c2ccn(C)c(=O)c2)n[nH]1. The molecule has 1 atom stereocenters. The standard InChI is InChI=1S/C15H20N4O2/c1-4-5-10(2)12-9-13(18-17-12)16-15(21)11-6-7-19(3)14(20)8-11/h6-10H,4-5H2,1-3H3,(H2,16,17,18,21)/t10-/m0/s1. The first-order valence-corrected chi connectivity index (χ1v) is 7.04. The number of nitrogens with zero attached hydrogens (tertiary/aromatic N) is 2. The lowest BCUT2D eigenvalue weighted by Gasteiger charge is -2.05. The fourth-order valence-corrected chi connectivity index (χ4v) is 2.12. The number of aromatic nitrogens is 3. The third-order valence-corrected chi connectivity index (χ3v) is 3.46. The molecule has 1 amide bonds. The lowest BCUT2D eigenvalue weighted by molar-refractivity contribution is 0.102. The highest BCUT2D eigenvalue weighted by Crippen LogP contribution is 2.20. The number of carbonyl (C=O) groups excluding carboxylic acids is 1. The minimum atomic E-state index is -0.339. The number of amides is 1. The smallest absolute Gasteiger partial charge is 0.257 e. The lowest BCUT2D eigenvalue weighted by Crippen LogP contribution is -2.20. The molecule has 0 saturated carbocycles. The Hall–Kier alpha value is -2.37. The number of pyridine rings is 1. The Morgan fingerprint density at radius 3 is 2.90 bits per heavy atom. The molecule has 2 aromatic rings. The van der Waals surface area contributed by atoms with Gasteiger partial charge in [0.15, 0.2) is 5.82 Å². The van der Waals surface area contributed by atoms with Crippen molar-refractivity contribution in [3.8, 4) is 0 Å². The number of nitrogens with one attached hydrogen (secondary N) is 2. The van der Waals surface area contributed by atoms with Crippen molar-refractivity contribution >= 4 is 11.7 Å². The van der Waals surface area contributed by atoms with Crippen LogP contribution in [-0.4, -0.2) is 20.7 Å². The van der Waals surface area contributed by atoms with Crippen LogP contribution >= 0.6 is 0 Å². The van der Waals surface area contributed by atoms with Crippen molar-refractivity contribution < 1.29 is 4.79 Å². The number of anilines is 1. The van der Waals surface area contributed by atoms with Crippen LogP contribution in [0.5, 0.6) is 0 Å². The Bertz CT molecular complexity index is 687. The van der Waals surface area contributed by atoms with E-state index in [1.807, 2.05) is 6.07 Å². The van der Waals surface area contributed by atoms with E-state index in [1.165, 1.54) is 10.6 Å². The molecule has 21 heavy (non-hydrogen) atoms. The van der Waals surface area contributed by atoms with Crippen LogP contribution in [0.25, 0.3) is 0 Å². The van der Waals surface area contributed by atoms with Crippen LogP contribution in [0.4, 0.5) is 5.82 Å². The van der Waals surface area contributed by atoms with Crippen molar-refractivity contribution in [1.29, 1.82) is 0 Å². The fourth-order valence-electron chi connectivity index (χ4n) is 2.12. The predicted molar refractivity (Wildman–Crippen MR) is 81.5 cm³/mol. The van der Waals surface area contributed by atoms with Gasteiger partial charge < -0.3 is 9.88 Å². The average Bonchev–Trinajstić information content (AvgIpc) is 2.90. The molecule has 0 aliphatic carbocycles. The highest BCUT2D eigenvalue weighted by molar-refractivity contribution is 6.03. The topological polar surface area (TPSA) is 79.8 Å².